The van der Waals surface area contributed by atoms with E-state index in [0.29, 0.717) is 24.4 Å². The Morgan fingerprint density at radius 3 is 1.91 bits per heavy atom. The Kier molecular flexibility index (Phi) is 19.0. The molecule has 5 heteroatoms. The lowest BCUT2D eigenvalue weighted by molar-refractivity contribution is -0.0477. The molecule has 5 nitrogen and oxygen atoms in total. The molecule has 0 aromatic carbocycles. The summed E-state index contributed by atoms with van der Waals surface area (Å²) in [6, 6.07) is 0. The van der Waals surface area contributed by atoms with Crippen molar-refractivity contribution >= 4 is 0 Å². The first kappa shape index (κ1) is 31.8. The third kappa shape index (κ3) is 14.1. The van der Waals surface area contributed by atoms with E-state index in [9.17, 15) is 10.2 Å². The van der Waals surface area contributed by atoms with Crippen molar-refractivity contribution in [2.45, 2.75) is 112 Å². The van der Waals surface area contributed by atoms with Crippen LogP contribution in [0.4, 0.5) is 0 Å². The van der Waals surface area contributed by atoms with Crippen LogP contribution in [-0.2, 0) is 4.74 Å². The molecule has 0 spiro atoms. The van der Waals surface area contributed by atoms with Crippen molar-refractivity contribution in [3.63, 3.8) is 0 Å². The summed E-state index contributed by atoms with van der Waals surface area (Å²) in [5.41, 5.74) is 0. The Balaban J connectivity index is 4.20. The van der Waals surface area contributed by atoms with Gasteiger partial charge >= 0.3 is 0 Å². The highest BCUT2D eigenvalue weighted by Gasteiger charge is 2.26. The average Bonchev–Trinajstić information content (AvgIpc) is 2.77. The van der Waals surface area contributed by atoms with Crippen LogP contribution in [-0.4, -0.2) is 61.3 Å². The number of aliphatic hydroxyl groups excluding tert-OH is 2. The molecule has 0 saturated carbocycles. The second kappa shape index (κ2) is 19.1. The molecule has 5 unspecified atom stereocenters. The highest BCUT2D eigenvalue weighted by Crippen LogP contribution is 2.26. The average molecular weight is 459 g/mol. The van der Waals surface area contributed by atoms with E-state index in [-0.39, 0.29) is 30.1 Å². The zero-order valence-corrected chi connectivity index (χ0v) is 22.7. The van der Waals surface area contributed by atoms with Crippen LogP contribution < -0.4 is 10.6 Å². The molecule has 0 saturated heterocycles. The van der Waals surface area contributed by atoms with Crippen LogP contribution in [0.5, 0.6) is 0 Å². The normalized spacial score (nSPS) is 19.7. The van der Waals surface area contributed by atoms with Crippen molar-refractivity contribution in [2.75, 3.05) is 32.8 Å². The van der Waals surface area contributed by atoms with Crippen LogP contribution in [0.15, 0.2) is 0 Å². The Bertz CT molecular complexity index is 424. The van der Waals surface area contributed by atoms with E-state index in [0.717, 1.165) is 58.3 Å². The van der Waals surface area contributed by atoms with Crippen LogP contribution in [0.25, 0.3) is 0 Å². The molecule has 0 bridgehead atoms. The quantitative estimate of drug-likeness (QED) is 0.185. The summed E-state index contributed by atoms with van der Waals surface area (Å²) in [6.45, 7) is 22.2. The van der Waals surface area contributed by atoms with E-state index in [1.54, 1.807) is 0 Å². The van der Waals surface area contributed by atoms with Crippen LogP contribution >= 0.6 is 0 Å². The van der Waals surface area contributed by atoms with Crippen molar-refractivity contribution in [3.05, 3.63) is 0 Å². The molecule has 0 radical (unpaired) electrons. The summed E-state index contributed by atoms with van der Waals surface area (Å²) >= 11 is 0. The Morgan fingerprint density at radius 1 is 0.750 bits per heavy atom. The Labute approximate surface area is 200 Å². The number of aliphatic hydroxyl groups is 2. The number of hydrogen-bond acceptors (Lipinski definition) is 5. The minimum absolute atomic E-state index is 0.0994. The molecule has 194 valence electrons. The summed E-state index contributed by atoms with van der Waals surface area (Å²) in [5.74, 6) is 1.67. The fourth-order valence-corrected chi connectivity index (χ4v) is 4.80. The molecule has 0 aliphatic heterocycles. The van der Waals surface area contributed by atoms with Crippen molar-refractivity contribution in [2.24, 2.45) is 29.6 Å². The SMILES string of the molecule is CCCNCCCNC[C@@H](C)CC(C)C(O)[C@H](C)CC(C)COC(CC)C(C)[C@H](O)CC. The van der Waals surface area contributed by atoms with Gasteiger partial charge in [-0.25, -0.2) is 0 Å². The van der Waals surface area contributed by atoms with Gasteiger partial charge in [0.1, 0.15) is 0 Å². The molecular formula is C27H58N2O3. The first-order valence-electron chi connectivity index (χ1n) is 13.6. The van der Waals surface area contributed by atoms with Gasteiger partial charge in [0.05, 0.1) is 18.3 Å². The molecule has 8 atom stereocenters. The second-order valence-corrected chi connectivity index (χ2v) is 10.5. The van der Waals surface area contributed by atoms with Crippen molar-refractivity contribution in [1.82, 2.24) is 10.6 Å². The molecule has 0 amide bonds. The van der Waals surface area contributed by atoms with E-state index in [4.69, 9.17) is 4.74 Å². The zero-order chi connectivity index (χ0) is 24.5. The van der Waals surface area contributed by atoms with Gasteiger partial charge in [0.15, 0.2) is 0 Å². The van der Waals surface area contributed by atoms with E-state index in [1.165, 1.54) is 6.42 Å². The molecule has 0 aliphatic rings. The van der Waals surface area contributed by atoms with Gasteiger partial charge in [-0.2, -0.15) is 0 Å². The maximum Gasteiger partial charge on any atom is 0.0622 e. The van der Waals surface area contributed by atoms with Crippen LogP contribution in [0.1, 0.15) is 93.9 Å². The number of ether oxygens (including phenoxy) is 1. The molecular weight excluding hydrogens is 400 g/mol. The van der Waals surface area contributed by atoms with Crippen molar-refractivity contribution in [3.8, 4) is 0 Å². The summed E-state index contributed by atoms with van der Waals surface area (Å²) in [4.78, 5) is 0. The number of rotatable bonds is 21. The summed E-state index contributed by atoms with van der Waals surface area (Å²) in [7, 11) is 0. The van der Waals surface area contributed by atoms with Crippen LogP contribution in [0.2, 0.25) is 0 Å². The standard InChI is InChI=1S/C27H58N2O3/c1-9-13-28-14-12-15-29-18-20(4)16-22(6)27(31)23(7)17-21(5)19-32-26(11-3)24(8)25(30)10-2/h20-31H,9-19H2,1-8H3/t20-,21?,22?,23+,24?,25+,26?,27?/m0/s1. The molecule has 0 aromatic heterocycles. The van der Waals surface area contributed by atoms with Gasteiger partial charge in [0.2, 0.25) is 0 Å². The number of hydrogen-bond donors (Lipinski definition) is 4. The zero-order valence-electron chi connectivity index (χ0n) is 22.7. The third-order valence-electron chi connectivity index (χ3n) is 6.95. The lowest BCUT2D eigenvalue weighted by Crippen LogP contribution is -2.33. The van der Waals surface area contributed by atoms with E-state index in [1.807, 2.05) is 6.92 Å². The minimum atomic E-state index is -0.300. The highest BCUT2D eigenvalue weighted by molar-refractivity contribution is 4.76. The van der Waals surface area contributed by atoms with Gasteiger partial charge in [-0.1, -0.05) is 55.4 Å². The first-order chi connectivity index (χ1) is 15.2. The molecule has 0 rings (SSSR count). The predicted octanol–water partition coefficient (Wildman–Crippen LogP) is 4.85. The lowest BCUT2D eigenvalue weighted by atomic mass is 9.83. The Hall–Kier alpha value is -0.200. The van der Waals surface area contributed by atoms with Crippen LogP contribution in [0, 0.1) is 29.6 Å². The van der Waals surface area contributed by atoms with Crippen molar-refractivity contribution < 1.29 is 14.9 Å². The van der Waals surface area contributed by atoms with Gasteiger partial charge in [-0.05, 0) is 88.4 Å². The molecule has 32 heavy (non-hydrogen) atoms. The largest absolute Gasteiger partial charge is 0.393 e. The monoisotopic (exact) mass is 458 g/mol. The maximum absolute atomic E-state index is 10.9. The Morgan fingerprint density at radius 2 is 1.34 bits per heavy atom. The van der Waals surface area contributed by atoms with E-state index in [2.05, 4.69) is 59.1 Å². The van der Waals surface area contributed by atoms with Crippen LogP contribution in [0.3, 0.4) is 0 Å². The fourth-order valence-electron chi connectivity index (χ4n) is 4.80. The maximum atomic E-state index is 10.9. The van der Waals surface area contributed by atoms with Gasteiger partial charge < -0.3 is 25.6 Å². The van der Waals surface area contributed by atoms with Gasteiger partial charge in [0, 0.05) is 12.5 Å². The van der Waals surface area contributed by atoms with Gasteiger partial charge in [-0.3, -0.25) is 0 Å². The molecule has 0 heterocycles. The second-order valence-electron chi connectivity index (χ2n) is 10.5. The molecule has 0 aliphatic carbocycles. The first-order valence-corrected chi connectivity index (χ1v) is 13.6. The molecule has 0 fully saturated rings. The fraction of sp³-hybridized carbons (Fsp3) is 1.00. The third-order valence-corrected chi connectivity index (χ3v) is 6.95. The lowest BCUT2D eigenvalue weighted by Gasteiger charge is -2.30. The summed E-state index contributed by atoms with van der Waals surface area (Å²) in [6.07, 6.45) is 5.57. The highest BCUT2D eigenvalue weighted by atomic mass is 16.5. The van der Waals surface area contributed by atoms with Gasteiger partial charge in [0.25, 0.3) is 0 Å². The van der Waals surface area contributed by atoms with Gasteiger partial charge in [-0.15, -0.1) is 0 Å². The topological polar surface area (TPSA) is 73.8 Å². The van der Waals surface area contributed by atoms with E-state index >= 15 is 0 Å². The summed E-state index contributed by atoms with van der Waals surface area (Å²) < 4.78 is 6.17. The molecule has 4 N–H and O–H groups in total. The number of nitrogens with one attached hydrogen (secondary N) is 2. The predicted molar refractivity (Wildman–Crippen MR) is 138 cm³/mol. The molecule has 0 aromatic rings. The minimum Gasteiger partial charge on any atom is -0.393 e. The smallest absolute Gasteiger partial charge is 0.0622 e. The summed E-state index contributed by atoms with van der Waals surface area (Å²) in [5, 5.41) is 28.0. The van der Waals surface area contributed by atoms with E-state index < -0.39 is 0 Å². The van der Waals surface area contributed by atoms with Crippen molar-refractivity contribution in [1.29, 1.82) is 0 Å².